The first-order chi connectivity index (χ1) is 17.6. The van der Waals surface area contributed by atoms with Crippen molar-refractivity contribution in [3.05, 3.63) is 51.5 Å². The van der Waals surface area contributed by atoms with Crippen LogP contribution in [-0.4, -0.2) is 39.2 Å². The molecule has 37 heavy (non-hydrogen) atoms. The van der Waals surface area contributed by atoms with Gasteiger partial charge in [-0.2, -0.15) is 13.2 Å². The minimum absolute atomic E-state index is 0.0310. The van der Waals surface area contributed by atoms with Crippen LogP contribution in [0.25, 0.3) is 0 Å². The number of aromatic nitrogens is 1. The second-order valence-corrected chi connectivity index (χ2v) is 11.7. The fourth-order valence-corrected chi connectivity index (χ4v) is 7.05. The normalized spacial score (nSPS) is 24.3. The molecule has 1 N–H and O–H groups in total. The van der Waals surface area contributed by atoms with Crippen LogP contribution in [0.5, 0.6) is 0 Å². The zero-order valence-corrected chi connectivity index (χ0v) is 22.1. The maximum atomic E-state index is 16.1. The van der Waals surface area contributed by atoms with Crippen LogP contribution in [0.15, 0.2) is 29.6 Å². The van der Waals surface area contributed by atoms with Crippen LogP contribution < -0.4 is 0 Å². The van der Waals surface area contributed by atoms with Crippen LogP contribution in [-0.2, 0) is 23.9 Å². The smallest absolute Gasteiger partial charge is 0.416 e. The summed E-state index contributed by atoms with van der Waals surface area (Å²) in [5.74, 6) is -1.12. The molecule has 9 heteroatoms. The molecule has 2 aromatic rings. The zero-order chi connectivity index (χ0) is 26.6. The number of carboxylic acid groups (broad SMARTS) is 1. The lowest BCUT2D eigenvalue weighted by Crippen LogP contribution is -2.49. The van der Waals surface area contributed by atoms with Gasteiger partial charge in [0.1, 0.15) is 10.7 Å². The third-order valence-electron chi connectivity index (χ3n) is 8.06. The number of carboxylic acids is 1. The highest BCUT2D eigenvalue weighted by Gasteiger charge is 2.41. The van der Waals surface area contributed by atoms with Crippen molar-refractivity contribution in [1.29, 1.82) is 0 Å². The minimum Gasteiger partial charge on any atom is -0.481 e. The number of hydrogen-bond acceptors (Lipinski definition) is 4. The lowest BCUT2D eigenvalue weighted by Gasteiger charge is -2.45. The van der Waals surface area contributed by atoms with Crippen molar-refractivity contribution in [2.45, 2.75) is 101 Å². The Labute approximate surface area is 220 Å². The van der Waals surface area contributed by atoms with E-state index in [1.807, 2.05) is 12.3 Å². The van der Waals surface area contributed by atoms with Crippen LogP contribution >= 0.6 is 11.3 Å². The number of nitrogens with zero attached hydrogens (tertiary/aromatic N) is 2. The van der Waals surface area contributed by atoms with Crippen molar-refractivity contribution in [2.75, 3.05) is 6.54 Å². The number of halogens is 4. The number of aliphatic carboxylic acids is 1. The fourth-order valence-electron chi connectivity index (χ4n) is 6.14. The lowest BCUT2D eigenvalue weighted by molar-refractivity contribution is -0.139. The Kier molecular flexibility index (Phi) is 8.94. The second-order valence-electron chi connectivity index (χ2n) is 10.8. The molecule has 2 fully saturated rings. The van der Waals surface area contributed by atoms with E-state index in [-0.39, 0.29) is 30.8 Å². The summed E-state index contributed by atoms with van der Waals surface area (Å²) in [6, 6.07) is 5.14. The van der Waals surface area contributed by atoms with Crippen molar-refractivity contribution in [3.8, 4) is 0 Å². The van der Waals surface area contributed by atoms with E-state index in [1.54, 1.807) is 11.3 Å². The summed E-state index contributed by atoms with van der Waals surface area (Å²) in [7, 11) is 0. The van der Waals surface area contributed by atoms with Gasteiger partial charge in [0, 0.05) is 24.4 Å². The SMILES string of the molecule is CCc1csc(CN(CC2(F)CCCCC2)[C@@H]2CC[C@@H](CC(=O)O)C[C@H]2c2ccc(C(F)(F)F)cc2)n1. The summed E-state index contributed by atoms with van der Waals surface area (Å²) in [5.41, 5.74) is -0.256. The number of rotatable bonds is 9. The number of thiazole rings is 1. The van der Waals surface area contributed by atoms with E-state index in [2.05, 4.69) is 4.90 Å². The summed E-state index contributed by atoms with van der Waals surface area (Å²) in [4.78, 5) is 18.4. The molecule has 0 unspecified atom stereocenters. The summed E-state index contributed by atoms with van der Waals surface area (Å²) in [5, 5.41) is 12.3. The minimum atomic E-state index is -4.42. The van der Waals surface area contributed by atoms with Crippen molar-refractivity contribution >= 4 is 17.3 Å². The molecule has 1 heterocycles. The van der Waals surface area contributed by atoms with Gasteiger partial charge in [-0.15, -0.1) is 11.3 Å². The Bertz CT molecular complexity index is 1030. The number of aryl methyl sites for hydroxylation is 1. The first kappa shape index (κ1) is 28.0. The van der Waals surface area contributed by atoms with Gasteiger partial charge in [0.05, 0.1) is 17.8 Å². The van der Waals surface area contributed by atoms with Crippen molar-refractivity contribution in [3.63, 3.8) is 0 Å². The Balaban J connectivity index is 1.66. The summed E-state index contributed by atoms with van der Waals surface area (Å²) < 4.78 is 55.7. The van der Waals surface area contributed by atoms with Crippen LogP contribution in [0.1, 0.15) is 92.5 Å². The van der Waals surface area contributed by atoms with Gasteiger partial charge < -0.3 is 5.11 Å². The van der Waals surface area contributed by atoms with Gasteiger partial charge in [0.15, 0.2) is 0 Å². The Morgan fingerprint density at radius 3 is 2.46 bits per heavy atom. The van der Waals surface area contributed by atoms with E-state index in [4.69, 9.17) is 4.98 Å². The van der Waals surface area contributed by atoms with Crippen LogP contribution in [0.3, 0.4) is 0 Å². The van der Waals surface area contributed by atoms with Crippen LogP contribution in [0.2, 0.25) is 0 Å². The third kappa shape index (κ3) is 7.31. The van der Waals surface area contributed by atoms with Gasteiger partial charge in [0.25, 0.3) is 0 Å². The van der Waals surface area contributed by atoms with Crippen molar-refractivity contribution < 1.29 is 27.5 Å². The second kappa shape index (κ2) is 11.8. The maximum Gasteiger partial charge on any atom is 0.416 e. The van der Waals surface area contributed by atoms with Gasteiger partial charge >= 0.3 is 12.1 Å². The Morgan fingerprint density at radius 1 is 1.16 bits per heavy atom. The van der Waals surface area contributed by atoms with Gasteiger partial charge in [-0.25, -0.2) is 9.37 Å². The van der Waals surface area contributed by atoms with Gasteiger partial charge in [-0.05, 0) is 68.1 Å². The average Bonchev–Trinajstić information content (AvgIpc) is 3.31. The first-order valence-electron chi connectivity index (χ1n) is 13.3. The maximum absolute atomic E-state index is 16.1. The van der Waals surface area contributed by atoms with E-state index in [9.17, 15) is 23.1 Å². The summed E-state index contributed by atoms with van der Waals surface area (Å²) in [6.07, 6.45) is 2.12. The molecule has 1 aromatic heterocycles. The predicted molar refractivity (Wildman–Crippen MR) is 136 cm³/mol. The predicted octanol–water partition coefficient (Wildman–Crippen LogP) is 7.63. The monoisotopic (exact) mass is 540 g/mol. The highest BCUT2D eigenvalue weighted by atomic mass is 32.1. The highest BCUT2D eigenvalue weighted by Crippen LogP contribution is 2.43. The topological polar surface area (TPSA) is 53.4 Å². The van der Waals surface area contributed by atoms with Gasteiger partial charge in [-0.1, -0.05) is 38.3 Å². The number of alkyl halides is 4. The van der Waals surface area contributed by atoms with Crippen LogP contribution in [0.4, 0.5) is 17.6 Å². The van der Waals surface area contributed by atoms with Crippen molar-refractivity contribution in [1.82, 2.24) is 9.88 Å². The Morgan fingerprint density at radius 2 is 1.86 bits per heavy atom. The van der Waals surface area contributed by atoms with Crippen LogP contribution in [0, 0.1) is 5.92 Å². The molecule has 0 bridgehead atoms. The van der Waals surface area contributed by atoms with E-state index in [0.29, 0.717) is 38.6 Å². The zero-order valence-electron chi connectivity index (χ0n) is 21.3. The molecule has 2 aliphatic rings. The van der Waals surface area contributed by atoms with E-state index in [1.165, 1.54) is 12.1 Å². The molecular weight excluding hydrogens is 504 g/mol. The summed E-state index contributed by atoms with van der Waals surface area (Å²) >= 11 is 1.56. The lowest BCUT2D eigenvalue weighted by atomic mass is 9.72. The Hall–Kier alpha value is -2.00. The molecule has 2 aliphatic carbocycles. The standard InChI is InChI=1S/C28H36F4N2O2S/c1-2-22-17-37-25(33-22)16-34(18-27(29)12-4-3-5-13-27)24-11-6-19(15-26(35)36)14-23(24)20-7-9-21(10-8-20)28(30,31)32/h7-10,17,19,23-24H,2-6,11-16,18H2,1H3,(H,35,36)/t19-,23+,24-/m1/s1. The molecule has 4 rings (SSSR count). The molecule has 204 valence electrons. The summed E-state index contributed by atoms with van der Waals surface area (Å²) in [6.45, 7) is 2.79. The molecule has 1 aromatic carbocycles. The molecule has 3 atom stereocenters. The first-order valence-corrected chi connectivity index (χ1v) is 14.2. The molecule has 0 spiro atoms. The number of carbonyl (C=O) groups is 1. The number of benzene rings is 1. The molecule has 2 saturated carbocycles. The fraction of sp³-hybridized carbons (Fsp3) is 0.643. The molecule has 0 amide bonds. The van der Waals surface area contributed by atoms with Gasteiger partial charge in [-0.3, -0.25) is 9.69 Å². The largest absolute Gasteiger partial charge is 0.481 e. The molecular formula is C28H36F4N2O2S. The van der Waals surface area contributed by atoms with Crippen molar-refractivity contribution in [2.24, 2.45) is 5.92 Å². The number of hydrogen-bond donors (Lipinski definition) is 1. The molecule has 0 radical (unpaired) electrons. The average molecular weight is 541 g/mol. The quantitative estimate of drug-likeness (QED) is 0.332. The molecule has 4 nitrogen and oxygen atoms in total. The van der Waals surface area contributed by atoms with Gasteiger partial charge in [0.2, 0.25) is 0 Å². The molecule has 0 saturated heterocycles. The van der Waals surface area contributed by atoms with E-state index in [0.717, 1.165) is 54.1 Å². The van der Waals surface area contributed by atoms with E-state index < -0.39 is 23.4 Å². The molecule has 0 aliphatic heterocycles. The third-order valence-corrected chi connectivity index (χ3v) is 8.94. The van der Waals surface area contributed by atoms with E-state index >= 15 is 4.39 Å². The highest BCUT2D eigenvalue weighted by molar-refractivity contribution is 7.09.